The number of benzene rings is 7. The lowest BCUT2D eigenvalue weighted by Gasteiger charge is -2.37. The van der Waals surface area contributed by atoms with Crippen molar-refractivity contribution in [3.63, 3.8) is 0 Å². The Labute approximate surface area is 828 Å². The number of carbonyl (C=O) groups is 13. The van der Waals surface area contributed by atoms with Gasteiger partial charge in [0, 0.05) is 107 Å². The standard InChI is InChI=1S/C109H133N11O18S2/c1-14-18-51-90(94(122)64-71(38-37-58-111-103(130)134-60-16-3)97(124)116-88(93(121)55-56-96(123)110-11)70-140-109(74-39-23-20-24-40-74,75-41-25-21-26-42-75)76-43-27-22-28-44-76)117(12)102(129)91(52-19-15-2)118(13)101(128)87(63-73-69-139-95-54-36-34-46-79(73)95)115-98(125)85(57-59-112-104(131)135-61-17-4)113-99(126)86(62-72-66-119(106(133)138-108(8,9)10)89-53-35-33-45-78(72)89)114-100(127)92-65-77(137-107(5,6)7)67-120(92)105(132)136-68-84-82-49-31-29-47-80(82)81-48-30-32-50-83(81)84/h16-17,20-36,39-50,53-54,66,69,71,77,84-88,90-92H,3-4,14-15,18-19,37-38,51-52,55-65,67-68,70H2,1-2,5-13H3,(H,110,123)(H,111,130)(H,112,131)(H,113,126)(H,114,127)(H,115,125)(H,116,124)/t71-,77-,85+,86+,87+,88+,90+,91+,92+/m1/s1. The Kier molecular flexibility index (Phi) is 39.1. The van der Waals surface area contributed by atoms with Crippen LogP contribution in [0.4, 0.5) is 19.2 Å². The van der Waals surface area contributed by atoms with Gasteiger partial charge in [-0.1, -0.05) is 241 Å². The van der Waals surface area contributed by atoms with E-state index in [-0.39, 0.29) is 115 Å². The van der Waals surface area contributed by atoms with Crippen LogP contribution in [0, 0.1) is 5.92 Å². The summed E-state index contributed by atoms with van der Waals surface area (Å²) >= 11 is 2.83. The summed E-state index contributed by atoms with van der Waals surface area (Å²) in [5.74, 6) is -7.68. The molecule has 2 aliphatic rings. The summed E-state index contributed by atoms with van der Waals surface area (Å²) in [6.45, 7) is 21.1. The fourth-order valence-corrected chi connectivity index (χ4v) is 20.7. The second-order valence-corrected chi connectivity index (χ2v) is 39.5. The van der Waals surface area contributed by atoms with Crippen molar-refractivity contribution in [1.29, 1.82) is 0 Å². The van der Waals surface area contributed by atoms with E-state index in [0.717, 1.165) is 49.0 Å². The number of ether oxygens (including phenoxy) is 5. The van der Waals surface area contributed by atoms with E-state index in [1.165, 1.54) is 81.9 Å². The molecule has 10 amide bonds. The zero-order valence-electron chi connectivity index (χ0n) is 81.9. The highest BCUT2D eigenvalue weighted by Crippen LogP contribution is 2.50. The van der Waals surface area contributed by atoms with Gasteiger partial charge in [0.2, 0.25) is 41.4 Å². The smallest absolute Gasteiger partial charge is 0.419 e. The largest absolute Gasteiger partial charge is 0.448 e. The molecule has 1 aliphatic heterocycles. The van der Waals surface area contributed by atoms with Crippen LogP contribution in [0.2, 0.25) is 0 Å². The second kappa shape index (κ2) is 51.1. The molecule has 0 bridgehead atoms. The van der Waals surface area contributed by atoms with Crippen LogP contribution in [0.5, 0.6) is 0 Å². The molecule has 9 aromatic rings. The molecule has 0 spiro atoms. The van der Waals surface area contributed by atoms with Crippen molar-refractivity contribution in [2.24, 2.45) is 5.92 Å². The summed E-state index contributed by atoms with van der Waals surface area (Å²) in [7, 11) is 4.39. The Bertz CT molecular complexity index is 5680. The molecule has 31 heteroatoms. The Morgan fingerprint density at radius 2 is 1.06 bits per heavy atom. The van der Waals surface area contributed by atoms with Crippen LogP contribution in [-0.2, 0) is 84.4 Å². The first-order valence-corrected chi connectivity index (χ1v) is 50.0. The van der Waals surface area contributed by atoms with Crippen LogP contribution in [-0.4, -0.2) is 223 Å². The van der Waals surface area contributed by atoms with E-state index in [2.05, 4.69) is 50.4 Å². The summed E-state index contributed by atoms with van der Waals surface area (Å²) in [6, 6.07) is 49.6. The van der Waals surface area contributed by atoms with Gasteiger partial charge < -0.3 is 70.7 Å². The molecule has 11 rings (SSSR count). The molecule has 7 N–H and O–H groups in total. The van der Waals surface area contributed by atoms with Crippen LogP contribution in [0.3, 0.4) is 0 Å². The lowest BCUT2D eigenvalue weighted by molar-refractivity contribution is -0.149. The number of nitrogens with one attached hydrogen (secondary N) is 7. The molecular formula is C109H133N11O18S2. The molecule has 1 aliphatic carbocycles. The van der Waals surface area contributed by atoms with E-state index < -0.39 is 154 Å². The zero-order valence-corrected chi connectivity index (χ0v) is 83.5. The van der Waals surface area contributed by atoms with E-state index in [0.29, 0.717) is 47.7 Å². The van der Waals surface area contributed by atoms with Crippen LogP contribution in [0.1, 0.15) is 184 Å². The van der Waals surface area contributed by atoms with E-state index in [9.17, 15) is 28.8 Å². The van der Waals surface area contributed by atoms with Gasteiger partial charge in [-0.05, 0) is 147 Å². The van der Waals surface area contributed by atoms with Gasteiger partial charge in [-0.25, -0.2) is 19.2 Å². The number of rotatable bonds is 49. The van der Waals surface area contributed by atoms with Crippen molar-refractivity contribution in [3.8, 4) is 11.1 Å². The van der Waals surface area contributed by atoms with Gasteiger partial charge in [0.15, 0.2) is 11.6 Å². The molecule has 2 aromatic heterocycles. The maximum atomic E-state index is 16.3. The summed E-state index contributed by atoms with van der Waals surface area (Å²) in [6.07, 6.45) is 0.731. The zero-order chi connectivity index (χ0) is 101. The number of hydrogen-bond donors (Lipinski definition) is 7. The number of alkyl carbamates (subject to hydrolysis) is 2. The van der Waals surface area contributed by atoms with E-state index >= 15 is 33.6 Å². The third-order valence-electron chi connectivity index (χ3n) is 25.1. The Morgan fingerprint density at radius 1 is 0.529 bits per heavy atom. The first-order valence-electron chi connectivity index (χ1n) is 48.1. The molecule has 0 radical (unpaired) electrons. The Morgan fingerprint density at radius 3 is 1.64 bits per heavy atom. The number of likely N-dealkylation sites (N-methyl/N-ethyl adjacent to an activating group) is 2. The summed E-state index contributed by atoms with van der Waals surface area (Å²) < 4.78 is 30.3. The van der Waals surface area contributed by atoms with Crippen molar-refractivity contribution in [1.82, 2.24) is 56.5 Å². The minimum atomic E-state index is -1.68. The maximum absolute atomic E-state index is 16.3. The Balaban J connectivity index is 0.913. The van der Waals surface area contributed by atoms with Crippen molar-refractivity contribution in [2.75, 3.05) is 66.4 Å². The molecule has 29 nitrogen and oxygen atoms in total. The van der Waals surface area contributed by atoms with Gasteiger partial charge in [0.25, 0.3) is 0 Å². The van der Waals surface area contributed by atoms with Gasteiger partial charge in [0.05, 0.1) is 40.6 Å². The highest BCUT2D eigenvalue weighted by atomic mass is 32.2. The number of aromatic nitrogens is 1. The van der Waals surface area contributed by atoms with E-state index in [1.807, 2.05) is 204 Å². The molecular weight excluding hydrogens is 1820 g/mol. The van der Waals surface area contributed by atoms with Crippen molar-refractivity contribution in [2.45, 2.75) is 222 Å². The van der Waals surface area contributed by atoms with Crippen LogP contribution < -0.4 is 37.2 Å². The van der Waals surface area contributed by atoms with Crippen molar-refractivity contribution >= 4 is 121 Å². The molecule has 0 saturated carbocycles. The first kappa shape index (κ1) is 107. The molecule has 744 valence electrons. The number of ketones is 2. The highest BCUT2D eigenvalue weighted by molar-refractivity contribution is 8.00. The molecule has 9 atom stereocenters. The van der Waals surface area contributed by atoms with Gasteiger partial charge in [-0.3, -0.25) is 52.6 Å². The fraction of sp³-hybridized carbons (Fsp3) is 0.422. The fourth-order valence-electron chi connectivity index (χ4n) is 18.1. The third kappa shape index (κ3) is 28.5. The number of amides is 10. The van der Waals surface area contributed by atoms with Crippen LogP contribution in [0.25, 0.3) is 32.1 Å². The van der Waals surface area contributed by atoms with E-state index in [4.69, 9.17) is 23.7 Å². The molecule has 1 saturated heterocycles. The third-order valence-corrected chi connectivity index (χ3v) is 27.7. The minimum Gasteiger partial charge on any atom is -0.448 e. The number of hydrogen-bond acceptors (Lipinski definition) is 20. The Hall–Kier alpha value is -13.3. The van der Waals surface area contributed by atoms with Gasteiger partial charge >= 0.3 is 24.4 Å². The lowest BCUT2D eigenvalue weighted by Crippen LogP contribution is -2.60. The van der Waals surface area contributed by atoms with Crippen LogP contribution in [0.15, 0.2) is 225 Å². The normalized spacial score (nSPS) is 15.0. The number of para-hydroxylation sites is 1. The molecule has 7 aromatic carbocycles. The lowest BCUT2D eigenvalue weighted by atomic mass is 9.84. The van der Waals surface area contributed by atoms with E-state index in [1.54, 1.807) is 45.0 Å². The number of nitrogens with zero attached hydrogens (tertiary/aromatic N) is 4. The topological polar surface area (TPSA) is 367 Å². The predicted octanol–water partition coefficient (Wildman–Crippen LogP) is 16.0. The summed E-state index contributed by atoms with van der Waals surface area (Å²) in [5.41, 5.74) is 6.28. The molecule has 140 heavy (non-hydrogen) atoms. The van der Waals surface area contributed by atoms with Crippen molar-refractivity contribution in [3.05, 3.63) is 264 Å². The predicted molar refractivity (Wildman–Crippen MR) is 544 cm³/mol. The summed E-state index contributed by atoms with van der Waals surface area (Å²) in [5, 5.41) is 22.9. The van der Waals surface area contributed by atoms with Crippen LogP contribution >= 0.6 is 23.1 Å². The quantitative estimate of drug-likeness (QED) is 0.00806. The first-order chi connectivity index (χ1) is 67.2. The summed E-state index contributed by atoms with van der Waals surface area (Å²) in [4.78, 5) is 199. The SMILES string of the molecule is C=CCOC(=O)NCCC[C@H](CC(=O)[C@H](CCCC)N(C)C(=O)[C@H](CCCC)N(C)C(=O)[C@H](Cc1csc2ccccc12)NC(=O)[C@H](CCNC(=O)OCC=C)NC(=O)[C@H](Cc1cn(C(=O)OC(C)(C)C)c2ccccc12)NC(=O)[C@@H]1C[C@@H](OC(C)(C)C)CN1C(=O)OCC1c2ccccc2-c2ccccc21)C(=O)N[C@@H](CSC(c1ccccc1)(c1ccccc1)c1ccccc1)C(=O)CCC(=O)NC. The number of fused-ring (bicyclic) bond motifs is 5. The molecule has 0 unspecified atom stereocenters. The second-order valence-electron chi connectivity index (χ2n) is 37.4. The monoisotopic (exact) mass is 1950 g/mol. The average molecular weight is 1950 g/mol. The minimum absolute atomic E-state index is 0.00531. The molecule has 3 heterocycles. The van der Waals surface area contributed by atoms with Gasteiger partial charge in [-0.15, -0.1) is 23.1 Å². The molecule has 1 fully saturated rings. The van der Waals surface area contributed by atoms with Crippen molar-refractivity contribution < 1.29 is 86.0 Å². The number of thioether (sulfide) groups is 1. The van der Waals surface area contributed by atoms with Gasteiger partial charge in [-0.2, -0.15) is 0 Å². The number of Topliss-reactive ketones (excluding diaryl/α,β-unsaturated/α-hetero) is 2. The number of unbranched alkanes of at least 4 members (excludes halogenated alkanes) is 2. The number of likely N-dealkylation sites (tertiary alicyclic amines) is 1. The number of carbonyl (C=O) groups excluding carboxylic acids is 13. The number of thiophene rings is 1. The average Bonchev–Trinajstić information content (AvgIpc) is 0.865. The van der Waals surface area contributed by atoms with Gasteiger partial charge in [0.1, 0.15) is 55.6 Å². The highest BCUT2D eigenvalue weighted by Gasteiger charge is 2.47. The maximum Gasteiger partial charge on any atom is 0.419 e.